The fourth-order valence-electron chi connectivity index (χ4n) is 1.74. The van der Waals surface area contributed by atoms with E-state index in [0.717, 1.165) is 18.2 Å². The lowest BCUT2D eigenvalue weighted by Gasteiger charge is -2.13. The van der Waals surface area contributed by atoms with Crippen molar-refractivity contribution in [1.29, 1.82) is 0 Å². The van der Waals surface area contributed by atoms with Gasteiger partial charge in [-0.2, -0.15) is 18.1 Å². The van der Waals surface area contributed by atoms with Crippen molar-refractivity contribution in [3.05, 3.63) is 63.0 Å². The second kappa shape index (κ2) is 6.49. The van der Waals surface area contributed by atoms with Crippen LogP contribution in [0.2, 0.25) is 5.02 Å². The third-order valence-electron chi connectivity index (χ3n) is 2.80. The number of hydrogen-bond donors (Lipinski definition) is 0. The molecule has 23 heavy (non-hydrogen) atoms. The Bertz CT molecular complexity index is 725. The van der Waals surface area contributed by atoms with Crippen LogP contribution >= 0.6 is 11.6 Å². The van der Waals surface area contributed by atoms with Crippen molar-refractivity contribution < 1.29 is 26.7 Å². The highest BCUT2D eigenvalue weighted by Gasteiger charge is 2.32. The predicted molar refractivity (Wildman–Crippen MR) is 72.4 cm³/mol. The number of nitroso groups, excluding NO2 is 1. The molecule has 0 amide bonds. The standard InChI is InChI=1S/C14H7ClF5NO2/c15-10-4-8(14(18,19)20)5-12(17)13(10)23-9-1-2-11(16)7(3-9)6-21-22/h1-5H,6H2. The maximum absolute atomic E-state index is 13.8. The smallest absolute Gasteiger partial charge is 0.416 e. The molecule has 0 atom stereocenters. The van der Waals surface area contributed by atoms with Gasteiger partial charge in [-0.3, -0.25) is 0 Å². The topological polar surface area (TPSA) is 38.7 Å². The van der Waals surface area contributed by atoms with E-state index in [-0.39, 0.29) is 17.4 Å². The first-order chi connectivity index (χ1) is 10.7. The first kappa shape index (κ1) is 17.1. The summed E-state index contributed by atoms with van der Waals surface area (Å²) in [6.07, 6.45) is -4.76. The number of ether oxygens (including phenoxy) is 1. The average Bonchev–Trinajstić information content (AvgIpc) is 2.45. The Morgan fingerprint density at radius 2 is 1.78 bits per heavy atom. The zero-order valence-corrected chi connectivity index (χ0v) is 11.9. The molecule has 3 nitrogen and oxygen atoms in total. The summed E-state index contributed by atoms with van der Waals surface area (Å²) < 4.78 is 69.8. The van der Waals surface area contributed by atoms with Gasteiger partial charge in [-0.05, 0) is 30.3 Å². The van der Waals surface area contributed by atoms with Gasteiger partial charge in [0.2, 0.25) is 0 Å². The van der Waals surface area contributed by atoms with Gasteiger partial charge in [0, 0.05) is 5.56 Å². The van der Waals surface area contributed by atoms with E-state index in [1.54, 1.807) is 0 Å². The van der Waals surface area contributed by atoms with Crippen LogP contribution in [0.4, 0.5) is 22.0 Å². The Morgan fingerprint density at radius 1 is 1.09 bits per heavy atom. The summed E-state index contributed by atoms with van der Waals surface area (Å²) in [5, 5.41) is 1.92. The van der Waals surface area contributed by atoms with Crippen molar-refractivity contribution in [2.75, 3.05) is 0 Å². The molecule has 0 bridgehead atoms. The Labute approximate surface area is 131 Å². The summed E-state index contributed by atoms with van der Waals surface area (Å²) in [5.74, 6) is -2.80. The zero-order valence-electron chi connectivity index (χ0n) is 11.1. The molecular formula is C14H7ClF5NO2. The molecule has 0 heterocycles. The molecule has 0 aromatic heterocycles. The van der Waals surface area contributed by atoms with Crippen LogP contribution < -0.4 is 4.74 Å². The lowest BCUT2D eigenvalue weighted by molar-refractivity contribution is -0.137. The maximum atomic E-state index is 13.8. The molecule has 0 spiro atoms. The lowest BCUT2D eigenvalue weighted by Crippen LogP contribution is -2.06. The molecule has 0 unspecified atom stereocenters. The van der Waals surface area contributed by atoms with Crippen molar-refractivity contribution in [1.82, 2.24) is 0 Å². The Morgan fingerprint density at radius 3 is 2.35 bits per heavy atom. The first-order valence-corrected chi connectivity index (χ1v) is 6.42. The van der Waals surface area contributed by atoms with Crippen molar-refractivity contribution in [2.45, 2.75) is 12.7 Å². The summed E-state index contributed by atoms with van der Waals surface area (Å²) in [6.45, 7) is -0.480. The van der Waals surface area contributed by atoms with E-state index in [9.17, 15) is 26.9 Å². The first-order valence-electron chi connectivity index (χ1n) is 6.04. The summed E-state index contributed by atoms with van der Waals surface area (Å²) in [5.41, 5.74) is -1.38. The molecule has 2 rings (SSSR count). The van der Waals surface area contributed by atoms with E-state index in [1.807, 2.05) is 0 Å². The van der Waals surface area contributed by atoms with Crippen LogP contribution in [0.3, 0.4) is 0 Å². The summed E-state index contributed by atoms with van der Waals surface area (Å²) in [6, 6.07) is 3.88. The van der Waals surface area contributed by atoms with E-state index in [1.165, 1.54) is 0 Å². The van der Waals surface area contributed by atoms with Crippen LogP contribution in [0.5, 0.6) is 11.5 Å². The number of halogens is 6. The van der Waals surface area contributed by atoms with Gasteiger partial charge in [-0.15, -0.1) is 0 Å². The number of nitrogens with zero attached hydrogens (tertiary/aromatic N) is 1. The van der Waals surface area contributed by atoms with Gasteiger partial charge in [0.1, 0.15) is 18.1 Å². The highest BCUT2D eigenvalue weighted by Crippen LogP contribution is 2.38. The van der Waals surface area contributed by atoms with Crippen LogP contribution in [0.25, 0.3) is 0 Å². The van der Waals surface area contributed by atoms with Crippen LogP contribution in [0, 0.1) is 16.5 Å². The van der Waals surface area contributed by atoms with Crippen LogP contribution in [0.1, 0.15) is 11.1 Å². The highest BCUT2D eigenvalue weighted by molar-refractivity contribution is 6.32. The molecule has 0 saturated carbocycles. The molecule has 2 aromatic rings. The van der Waals surface area contributed by atoms with Crippen LogP contribution in [-0.2, 0) is 12.7 Å². The predicted octanol–water partition coefficient (Wildman–Crippen LogP) is 5.70. The minimum Gasteiger partial charge on any atom is -0.453 e. The molecule has 122 valence electrons. The Hall–Kier alpha value is -2.22. The molecule has 0 aliphatic rings. The average molecular weight is 352 g/mol. The van der Waals surface area contributed by atoms with Crippen molar-refractivity contribution in [2.24, 2.45) is 5.18 Å². The fourth-order valence-corrected chi connectivity index (χ4v) is 1.99. The molecule has 0 radical (unpaired) electrons. The van der Waals surface area contributed by atoms with Gasteiger partial charge in [-0.1, -0.05) is 16.8 Å². The van der Waals surface area contributed by atoms with E-state index in [0.29, 0.717) is 6.07 Å². The zero-order chi connectivity index (χ0) is 17.2. The monoisotopic (exact) mass is 351 g/mol. The molecule has 0 aliphatic heterocycles. The molecular weight excluding hydrogens is 345 g/mol. The number of alkyl halides is 3. The van der Waals surface area contributed by atoms with Gasteiger partial charge < -0.3 is 4.74 Å². The highest BCUT2D eigenvalue weighted by atomic mass is 35.5. The Kier molecular flexibility index (Phi) is 4.84. The van der Waals surface area contributed by atoms with E-state index in [4.69, 9.17) is 16.3 Å². The summed E-state index contributed by atoms with van der Waals surface area (Å²) in [4.78, 5) is 10.2. The van der Waals surface area contributed by atoms with E-state index in [2.05, 4.69) is 5.18 Å². The molecule has 0 fully saturated rings. The summed E-state index contributed by atoms with van der Waals surface area (Å²) in [7, 11) is 0. The third-order valence-corrected chi connectivity index (χ3v) is 3.08. The second-order valence-electron chi connectivity index (χ2n) is 4.41. The molecule has 0 saturated heterocycles. The SMILES string of the molecule is O=NCc1cc(Oc2c(F)cc(C(F)(F)F)cc2Cl)ccc1F. The molecule has 9 heteroatoms. The fraction of sp³-hybridized carbons (Fsp3) is 0.143. The number of benzene rings is 2. The number of hydrogen-bond acceptors (Lipinski definition) is 3. The lowest BCUT2D eigenvalue weighted by atomic mass is 10.2. The third kappa shape index (κ3) is 3.95. The van der Waals surface area contributed by atoms with Crippen LogP contribution in [-0.4, -0.2) is 0 Å². The quantitative estimate of drug-likeness (QED) is 0.524. The normalized spacial score (nSPS) is 11.4. The van der Waals surface area contributed by atoms with E-state index >= 15 is 0 Å². The van der Waals surface area contributed by atoms with Gasteiger partial charge in [0.05, 0.1) is 10.6 Å². The molecule has 0 aliphatic carbocycles. The van der Waals surface area contributed by atoms with Crippen LogP contribution in [0.15, 0.2) is 35.5 Å². The molecule has 0 N–H and O–H groups in total. The van der Waals surface area contributed by atoms with Gasteiger partial charge in [0.15, 0.2) is 11.6 Å². The maximum Gasteiger partial charge on any atom is 0.416 e. The van der Waals surface area contributed by atoms with Crippen molar-refractivity contribution in [3.8, 4) is 11.5 Å². The van der Waals surface area contributed by atoms with Gasteiger partial charge in [0.25, 0.3) is 0 Å². The Balaban J connectivity index is 2.37. The largest absolute Gasteiger partial charge is 0.453 e. The van der Waals surface area contributed by atoms with Gasteiger partial charge in [-0.25, -0.2) is 8.78 Å². The van der Waals surface area contributed by atoms with E-state index < -0.39 is 40.7 Å². The van der Waals surface area contributed by atoms with Crippen molar-refractivity contribution >= 4 is 11.6 Å². The minimum absolute atomic E-state index is 0.106. The minimum atomic E-state index is -4.76. The van der Waals surface area contributed by atoms with Gasteiger partial charge >= 0.3 is 6.18 Å². The second-order valence-corrected chi connectivity index (χ2v) is 4.82. The number of rotatable bonds is 4. The molecule has 2 aromatic carbocycles. The summed E-state index contributed by atoms with van der Waals surface area (Å²) >= 11 is 5.62. The van der Waals surface area contributed by atoms with Crippen molar-refractivity contribution in [3.63, 3.8) is 0 Å².